The molecule has 2 rings (SSSR count). The summed E-state index contributed by atoms with van der Waals surface area (Å²) in [6.07, 6.45) is 1.97. The number of rotatable bonds is 4. The molecule has 0 aromatic heterocycles. The van der Waals surface area contributed by atoms with Gasteiger partial charge in [0.15, 0.2) is 0 Å². The van der Waals surface area contributed by atoms with E-state index in [4.69, 9.17) is 4.74 Å². The first-order valence-electron chi connectivity index (χ1n) is 6.88. The lowest BCUT2D eigenvalue weighted by molar-refractivity contribution is -0.129. The van der Waals surface area contributed by atoms with Gasteiger partial charge in [0.2, 0.25) is 5.91 Å². The molecule has 1 aliphatic rings. The quantitative estimate of drug-likeness (QED) is 0.830. The van der Waals surface area contributed by atoms with Crippen molar-refractivity contribution in [1.82, 2.24) is 10.6 Å². The summed E-state index contributed by atoms with van der Waals surface area (Å²) >= 11 is 1.71. The van der Waals surface area contributed by atoms with Gasteiger partial charge in [0.05, 0.1) is 12.7 Å². The van der Waals surface area contributed by atoms with E-state index in [9.17, 15) is 4.79 Å². The fourth-order valence-corrected chi connectivity index (χ4v) is 3.02. The Balaban J connectivity index is 1.96. The van der Waals surface area contributed by atoms with E-state index in [1.54, 1.807) is 11.8 Å². The van der Waals surface area contributed by atoms with Crippen molar-refractivity contribution in [3.63, 3.8) is 0 Å². The first-order valence-corrected chi connectivity index (χ1v) is 8.10. The molecule has 110 valence electrons. The van der Waals surface area contributed by atoms with Gasteiger partial charge < -0.3 is 15.4 Å². The Morgan fingerprint density at radius 3 is 3.05 bits per heavy atom. The van der Waals surface area contributed by atoms with Gasteiger partial charge in [0.25, 0.3) is 0 Å². The summed E-state index contributed by atoms with van der Waals surface area (Å²) in [4.78, 5) is 13.4. The number of nitrogens with one attached hydrogen (secondary N) is 2. The number of thioether (sulfide) groups is 1. The topological polar surface area (TPSA) is 50.4 Å². The Bertz CT molecular complexity index is 479. The predicted octanol–water partition coefficient (Wildman–Crippen LogP) is 1.71. The Morgan fingerprint density at radius 2 is 2.35 bits per heavy atom. The first kappa shape index (κ1) is 15.4. The summed E-state index contributed by atoms with van der Waals surface area (Å²) in [5.41, 5.74) is 2.39. The van der Waals surface area contributed by atoms with E-state index in [1.807, 2.05) is 6.92 Å². The van der Waals surface area contributed by atoms with Crippen LogP contribution in [0.3, 0.4) is 0 Å². The van der Waals surface area contributed by atoms with Crippen LogP contribution >= 0.6 is 11.8 Å². The van der Waals surface area contributed by atoms with Crippen LogP contribution in [0.1, 0.15) is 18.1 Å². The molecule has 1 aliphatic heterocycles. The molecule has 20 heavy (non-hydrogen) atoms. The number of hydrogen-bond donors (Lipinski definition) is 2. The Labute approximate surface area is 124 Å². The molecule has 0 aliphatic carbocycles. The van der Waals surface area contributed by atoms with E-state index in [2.05, 4.69) is 42.0 Å². The van der Waals surface area contributed by atoms with Crippen LogP contribution in [0.5, 0.6) is 0 Å². The molecule has 0 bridgehead atoms. The number of hydrogen-bond acceptors (Lipinski definition) is 4. The van der Waals surface area contributed by atoms with Gasteiger partial charge in [0.1, 0.15) is 6.04 Å². The predicted molar refractivity (Wildman–Crippen MR) is 82.0 cm³/mol. The molecule has 1 aromatic carbocycles. The molecular weight excluding hydrogens is 272 g/mol. The first-order chi connectivity index (χ1) is 9.61. The normalized spacial score (nSPS) is 22.6. The van der Waals surface area contributed by atoms with Gasteiger partial charge in [-0.25, -0.2) is 0 Å². The van der Waals surface area contributed by atoms with E-state index >= 15 is 0 Å². The number of ether oxygens (including phenoxy) is 1. The Hall–Kier alpha value is -1.04. The SMILES string of the molecule is CSc1cc(C)ccc1CNC(=O)[C@H]1NCCO[C@@H]1C. The second-order valence-electron chi connectivity index (χ2n) is 5.04. The van der Waals surface area contributed by atoms with Crippen LogP contribution in [0.2, 0.25) is 0 Å². The monoisotopic (exact) mass is 294 g/mol. The zero-order valence-corrected chi connectivity index (χ0v) is 13.0. The molecule has 0 saturated carbocycles. The fraction of sp³-hybridized carbons (Fsp3) is 0.533. The lowest BCUT2D eigenvalue weighted by Crippen LogP contribution is -2.55. The molecule has 4 nitrogen and oxygen atoms in total. The van der Waals surface area contributed by atoms with Crippen LogP contribution < -0.4 is 10.6 Å². The highest BCUT2D eigenvalue weighted by Gasteiger charge is 2.27. The van der Waals surface area contributed by atoms with Gasteiger partial charge >= 0.3 is 0 Å². The summed E-state index contributed by atoms with van der Waals surface area (Å²) in [5, 5.41) is 6.20. The average molecular weight is 294 g/mol. The molecule has 0 spiro atoms. The van der Waals surface area contributed by atoms with E-state index in [-0.39, 0.29) is 18.1 Å². The smallest absolute Gasteiger partial charge is 0.240 e. The summed E-state index contributed by atoms with van der Waals surface area (Å²) in [6.45, 7) is 5.95. The van der Waals surface area contributed by atoms with E-state index < -0.39 is 0 Å². The maximum atomic E-state index is 12.2. The zero-order chi connectivity index (χ0) is 14.5. The summed E-state index contributed by atoms with van der Waals surface area (Å²) in [5.74, 6) is 0.00447. The number of carbonyl (C=O) groups excluding carboxylic acids is 1. The van der Waals surface area contributed by atoms with Gasteiger partial charge in [-0.1, -0.05) is 12.1 Å². The molecular formula is C15H22N2O2S. The standard InChI is InChI=1S/C15H22N2O2S/c1-10-4-5-12(13(8-10)20-3)9-17-15(18)14-11(2)19-7-6-16-14/h4-5,8,11,14,16H,6-7,9H2,1-3H3,(H,17,18)/t11-,14+/m1/s1. The number of amides is 1. The van der Waals surface area contributed by atoms with Crippen molar-refractivity contribution in [1.29, 1.82) is 0 Å². The Kier molecular flexibility index (Phi) is 5.46. The third-order valence-electron chi connectivity index (χ3n) is 3.49. The molecule has 0 unspecified atom stereocenters. The number of aryl methyl sites for hydroxylation is 1. The van der Waals surface area contributed by atoms with Gasteiger partial charge in [-0.2, -0.15) is 0 Å². The van der Waals surface area contributed by atoms with Crippen LogP contribution in [0.25, 0.3) is 0 Å². The lowest BCUT2D eigenvalue weighted by Gasteiger charge is -2.29. The second kappa shape index (κ2) is 7.11. The third kappa shape index (κ3) is 3.75. The minimum absolute atomic E-state index is 0.00447. The molecule has 5 heteroatoms. The van der Waals surface area contributed by atoms with Crippen molar-refractivity contribution in [3.05, 3.63) is 29.3 Å². The molecule has 1 heterocycles. The van der Waals surface area contributed by atoms with Gasteiger partial charge in [-0.3, -0.25) is 4.79 Å². The van der Waals surface area contributed by atoms with Crippen molar-refractivity contribution in [3.8, 4) is 0 Å². The highest BCUT2D eigenvalue weighted by atomic mass is 32.2. The van der Waals surface area contributed by atoms with E-state index in [0.29, 0.717) is 13.2 Å². The molecule has 1 amide bonds. The van der Waals surface area contributed by atoms with Crippen LogP contribution in [0.15, 0.2) is 23.1 Å². The maximum Gasteiger partial charge on any atom is 0.240 e. The van der Waals surface area contributed by atoms with Gasteiger partial charge in [-0.05, 0) is 37.3 Å². The number of carbonyl (C=O) groups is 1. The van der Waals surface area contributed by atoms with Crippen LogP contribution in [-0.4, -0.2) is 37.5 Å². The highest BCUT2D eigenvalue weighted by molar-refractivity contribution is 7.98. The zero-order valence-electron chi connectivity index (χ0n) is 12.2. The fourth-order valence-electron chi connectivity index (χ4n) is 2.32. The summed E-state index contributed by atoms with van der Waals surface area (Å²) in [6, 6.07) is 6.05. The maximum absolute atomic E-state index is 12.2. The molecule has 2 N–H and O–H groups in total. The van der Waals surface area contributed by atoms with E-state index in [0.717, 1.165) is 12.1 Å². The summed E-state index contributed by atoms with van der Waals surface area (Å²) < 4.78 is 5.50. The van der Waals surface area contributed by atoms with Crippen molar-refractivity contribution in [2.24, 2.45) is 0 Å². The van der Waals surface area contributed by atoms with Crippen molar-refractivity contribution < 1.29 is 9.53 Å². The Morgan fingerprint density at radius 1 is 1.55 bits per heavy atom. The number of morpholine rings is 1. The highest BCUT2D eigenvalue weighted by Crippen LogP contribution is 2.21. The largest absolute Gasteiger partial charge is 0.375 e. The van der Waals surface area contributed by atoms with Crippen LogP contribution in [0, 0.1) is 6.92 Å². The van der Waals surface area contributed by atoms with Crippen LogP contribution in [-0.2, 0) is 16.1 Å². The van der Waals surface area contributed by atoms with Gasteiger partial charge in [-0.15, -0.1) is 11.8 Å². The number of benzene rings is 1. The second-order valence-corrected chi connectivity index (χ2v) is 5.89. The molecule has 1 saturated heterocycles. The molecule has 0 radical (unpaired) electrons. The van der Waals surface area contributed by atoms with E-state index in [1.165, 1.54) is 10.5 Å². The minimum Gasteiger partial charge on any atom is -0.375 e. The van der Waals surface area contributed by atoms with Crippen molar-refractivity contribution in [2.75, 3.05) is 19.4 Å². The molecule has 1 fully saturated rings. The molecule has 1 aromatic rings. The lowest BCUT2D eigenvalue weighted by atomic mass is 10.1. The third-order valence-corrected chi connectivity index (χ3v) is 4.31. The van der Waals surface area contributed by atoms with Crippen molar-refractivity contribution in [2.45, 2.75) is 37.4 Å². The summed E-state index contributed by atoms with van der Waals surface area (Å²) in [7, 11) is 0. The minimum atomic E-state index is -0.257. The average Bonchev–Trinajstić information content (AvgIpc) is 2.46. The molecule has 2 atom stereocenters. The van der Waals surface area contributed by atoms with Crippen molar-refractivity contribution >= 4 is 17.7 Å². The van der Waals surface area contributed by atoms with Crippen LogP contribution in [0.4, 0.5) is 0 Å². The van der Waals surface area contributed by atoms with Gasteiger partial charge in [0, 0.05) is 18.0 Å².